The number of amides is 1. The lowest BCUT2D eigenvalue weighted by molar-refractivity contribution is -0.113. The van der Waals surface area contributed by atoms with Gasteiger partial charge in [-0.1, -0.05) is 62.3 Å². The SMILES string of the molecule is CCn1c(SCC(=O)Nc2cc(Cl)ccc2C)nnc1C(C)Oc1ccc(C(C)(C)C)cc1. The summed E-state index contributed by atoms with van der Waals surface area (Å²) in [5.41, 5.74) is 3.02. The van der Waals surface area contributed by atoms with Crippen LogP contribution in [0.4, 0.5) is 5.69 Å². The molecule has 1 heterocycles. The molecule has 0 saturated carbocycles. The molecule has 176 valence electrons. The largest absolute Gasteiger partial charge is 0.483 e. The molecule has 1 amide bonds. The van der Waals surface area contributed by atoms with E-state index >= 15 is 0 Å². The minimum atomic E-state index is -0.282. The molecule has 0 aliphatic carbocycles. The normalized spacial score (nSPS) is 12.5. The topological polar surface area (TPSA) is 69.0 Å². The molecule has 8 heteroatoms. The number of carbonyl (C=O) groups is 1. The molecule has 0 spiro atoms. The third-order valence-corrected chi connectivity index (χ3v) is 6.47. The summed E-state index contributed by atoms with van der Waals surface area (Å²) >= 11 is 7.39. The lowest BCUT2D eigenvalue weighted by Crippen LogP contribution is -2.16. The minimum Gasteiger partial charge on any atom is -0.483 e. The van der Waals surface area contributed by atoms with Gasteiger partial charge < -0.3 is 14.6 Å². The number of carbonyl (C=O) groups excluding carboxylic acids is 1. The number of thioether (sulfide) groups is 1. The van der Waals surface area contributed by atoms with E-state index in [9.17, 15) is 4.79 Å². The number of nitrogens with zero attached hydrogens (tertiary/aromatic N) is 3. The Balaban J connectivity index is 1.64. The number of rotatable bonds is 8. The summed E-state index contributed by atoms with van der Waals surface area (Å²) in [6.07, 6.45) is -0.282. The Labute approximate surface area is 205 Å². The average Bonchev–Trinajstić information content (AvgIpc) is 3.17. The van der Waals surface area contributed by atoms with Crippen LogP contribution in [0, 0.1) is 6.92 Å². The van der Waals surface area contributed by atoms with Crippen LogP contribution in [0.25, 0.3) is 0 Å². The molecule has 3 aromatic rings. The summed E-state index contributed by atoms with van der Waals surface area (Å²) in [6, 6.07) is 13.6. The average molecular weight is 487 g/mol. The van der Waals surface area contributed by atoms with Crippen LogP contribution < -0.4 is 10.1 Å². The van der Waals surface area contributed by atoms with Gasteiger partial charge in [-0.3, -0.25) is 4.79 Å². The quantitative estimate of drug-likeness (QED) is 0.371. The van der Waals surface area contributed by atoms with E-state index in [2.05, 4.69) is 48.4 Å². The number of anilines is 1. The van der Waals surface area contributed by atoms with E-state index < -0.39 is 0 Å². The highest BCUT2D eigenvalue weighted by Crippen LogP contribution is 2.28. The van der Waals surface area contributed by atoms with E-state index in [1.807, 2.05) is 43.5 Å². The molecule has 2 aromatic carbocycles. The van der Waals surface area contributed by atoms with Gasteiger partial charge in [-0.05, 0) is 61.6 Å². The van der Waals surface area contributed by atoms with E-state index in [4.69, 9.17) is 16.3 Å². The fraction of sp³-hybridized carbons (Fsp3) is 0.400. The molecular formula is C25H31ClN4O2S. The van der Waals surface area contributed by atoms with Crippen molar-refractivity contribution in [3.05, 3.63) is 64.4 Å². The van der Waals surface area contributed by atoms with Gasteiger partial charge in [0.25, 0.3) is 0 Å². The summed E-state index contributed by atoms with van der Waals surface area (Å²) in [5, 5.41) is 12.8. The van der Waals surface area contributed by atoms with E-state index in [0.29, 0.717) is 22.4 Å². The molecule has 1 aromatic heterocycles. The standard InChI is InChI=1S/C25H31ClN4O2S/c1-7-30-23(17(3)32-20-12-9-18(10-13-20)25(4,5)6)28-29-24(30)33-15-22(31)27-21-14-19(26)11-8-16(21)2/h8-14,17H,7,15H2,1-6H3,(H,27,31). The summed E-state index contributed by atoms with van der Waals surface area (Å²) in [6.45, 7) is 13.1. The molecule has 0 radical (unpaired) electrons. The molecule has 33 heavy (non-hydrogen) atoms. The molecule has 3 rings (SSSR count). The maximum atomic E-state index is 12.5. The smallest absolute Gasteiger partial charge is 0.234 e. The van der Waals surface area contributed by atoms with Crippen LogP contribution in [-0.4, -0.2) is 26.4 Å². The Morgan fingerprint density at radius 2 is 1.88 bits per heavy atom. The van der Waals surface area contributed by atoms with E-state index in [1.165, 1.54) is 17.3 Å². The Morgan fingerprint density at radius 1 is 1.18 bits per heavy atom. The number of hydrogen-bond acceptors (Lipinski definition) is 5. The number of hydrogen-bond donors (Lipinski definition) is 1. The van der Waals surface area contributed by atoms with Crippen molar-refractivity contribution in [3.8, 4) is 5.75 Å². The molecular weight excluding hydrogens is 456 g/mol. The molecule has 0 saturated heterocycles. The van der Waals surface area contributed by atoms with Gasteiger partial charge in [0.1, 0.15) is 5.75 Å². The Bertz CT molecular complexity index is 1110. The third-order valence-electron chi connectivity index (χ3n) is 5.26. The fourth-order valence-corrected chi connectivity index (χ4v) is 4.32. The molecule has 6 nitrogen and oxygen atoms in total. The highest BCUT2D eigenvalue weighted by atomic mass is 35.5. The van der Waals surface area contributed by atoms with Gasteiger partial charge in [-0.15, -0.1) is 10.2 Å². The zero-order chi connectivity index (χ0) is 24.2. The first-order chi connectivity index (χ1) is 15.6. The van der Waals surface area contributed by atoms with Crippen LogP contribution in [-0.2, 0) is 16.8 Å². The number of aryl methyl sites for hydroxylation is 1. The second-order valence-electron chi connectivity index (χ2n) is 8.92. The van der Waals surface area contributed by atoms with Crippen LogP contribution in [0.15, 0.2) is 47.6 Å². The van der Waals surface area contributed by atoms with Crippen LogP contribution in [0.5, 0.6) is 5.75 Å². The van der Waals surface area contributed by atoms with Crippen molar-refractivity contribution in [2.45, 2.75) is 64.8 Å². The maximum absolute atomic E-state index is 12.5. The van der Waals surface area contributed by atoms with Gasteiger partial charge in [0.15, 0.2) is 17.1 Å². The summed E-state index contributed by atoms with van der Waals surface area (Å²) in [5.74, 6) is 1.60. The zero-order valence-electron chi connectivity index (χ0n) is 20.0. The van der Waals surface area contributed by atoms with Crippen molar-refractivity contribution >= 4 is 35.0 Å². The second-order valence-corrected chi connectivity index (χ2v) is 10.3. The Morgan fingerprint density at radius 3 is 2.52 bits per heavy atom. The first-order valence-electron chi connectivity index (χ1n) is 11.0. The summed E-state index contributed by atoms with van der Waals surface area (Å²) < 4.78 is 8.11. The predicted molar refractivity (Wildman–Crippen MR) is 135 cm³/mol. The molecule has 1 N–H and O–H groups in total. The number of halogens is 1. The monoisotopic (exact) mass is 486 g/mol. The van der Waals surface area contributed by atoms with Crippen LogP contribution in [0.2, 0.25) is 5.02 Å². The van der Waals surface area contributed by atoms with Crippen molar-refractivity contribution in [1.82, 2.24) is 14.8 Å². The highest BCUT2D eigenvalue weighted by Gasteiger charge is 2.20. The van der Waals surface area contributed by atoms with E-state index in [0.717, 1.165) is 17.1 Å². The first kappa shape index (κ1) is 25.1. The number of benzene rings is 2. The third kappa shape index (κ3) is 6.51. The molecule has 0 aliphatic rings. The summed E-state index contributed by atoms with van der Waals surface area (Å²) in [7, 11) is 0. The lowest BCUT2D eigenvalue weighted by Gasteiger charge is -2.20. The van der Waals surface area contributed by atoms with E-state index in [1.54, 1.807) is 12.1 Å². The number of ether oxygens (including phenoxy) is 1. The van der Waals surface area contributed by atoms with Gasteiger partial charge in [-0.25, -0.2) is 0 Å². The minimum absolute atomic E-state index is 0.0937. The second kappa shape index (κ2) is 10.6. The van der Waals surface area contributed by atoms with Crippen LogP contribution in [0.1, 0.15) is 57.7 Å². The molecule has 0 aliphatic heterocycles. The maximum Gasteiger partial charge on any atom is 0.234 e. The van der Waals surface area contributed by atoms with Gasteiger partial charge in [-0.2, -0.15) is 0 Å². The molecule has 1 unspecified atom stereocenters. The van der Waals surface area contributed by atoms with Crippen LogP contribution >= 0.6 is 23.4 Å². The molecule has 1 atom stereocenters. The highest BCUT2D eigenvalue weighted by molar-refractivity contribution is 7.99. The Kier molecular flexibility index (Phi) is 8.08. The predicted octanol–water partition coefficient (Wildman–Crippen LogP) is 6.43. The van der Waals surface area contributed by atoms with Gasteiger partial charge in [0.2, 0.25) is 5.91 Å². The Hall–Kier alpha value is -2.51. The van der Waals surface area contributed by atoms with Crippen LogP contribution in [0.3, 0.4) is 0 Å². The number of aromatic nitrogens is 3. The molecule has 0 fully saturated rings. The number of nitrogens with one attached hydrogen (secondary N) is 1. The summed E-state index contributed by atoms with van der Waals surface area (Å²) in [4.78, 5) is 12.5. The fourth-order valence-electron chi connectivity index (χ4n) is 3.34. The van der Waals surface area contributed by atoms with Crippen molar-refractivity contribution in [3.63, 3.8) is 0 Å². The molecule has 0 bridgehead atoms. The van der Waals surface area contributed by atoms with Crippen molar-refractivity contribution in [2.24, 2.45) is 0 Å². The van der Waals surface area contributed by atoms with Crippen molar-refractivity contribution in [1.29, 1.82) is 0 Å². The lowest BCUT2D eigenvalue weighted by atomic mass is 9.87. The van der Waals surface area contributed by atoms with Gasteiger partial charge >= 0.3 is 0 Å². The van der Waals surface area contributed by atoms with Crippen molar-refractivity contribution in [2.75, 3.05) is 11.1 Å². The zero-order valence-corrected chi connectivity index (χ0v) is 21.5. The van der Waals surface area contributed by atoms with Gasteiger partial charge in [0.05, 0.1) is 5.75 Å². The first-order valence-corrected chi connectivity index (χ1v) is 12.3. The van der Waals surface area contributed by atoms with Gasteiger partial charge in [0, 0.05) is 17.3 Å². The van der Waals surface area contributed by atoms with E-state index in [-0.39, 0.29) is 23.2 Å². The van der Waals surface area contributed by atoms with Crippen molar-refractivity contribution < 1.29 is 9.53 Å².